The van der Waals surface area contributed by atoms with E-state index >= 15 is 0 Å². The second-order valence-electron chi connectivity index (χ2n) is 3.59. The highest BCUT2D eigenvalue weighted by Gasteiger charge is 2.36. The van der Waals surface area contributed by atoms with Gasteiger partial charge in [0.05, 0.1) is 0 Å². The summed E-state index contributed by atoms with van der Waals surface area (Å²) in [6.07, 6.45) is 0.853. The van der Waals surface area contributed by atoms with E-state index in [-0.39, 0.29) is 18.4 Å². The summed E-state index contributed by atoms with van der Waals surface area (Å²) in [5.41, 5.74) is 4.24. The average Bonchev–Trinajstić information content (AvgIpc) is 2.01. The summed E-state index contributed by atoms with van der Waals surface area (Å²) in [5, 5.41) is 0. The minimum atomic E-state index is -1.17. The summed E-state index contributed by atoms with van der Waals surface area (Å²) >= 11 is 0. The number of halogens is 1. The van der Waals surface area contributed by atoms with Gasteiger partial charge >= 0.3 is 0 Å². The SMILES string of the molecule is CCC(C)C(F)(CN)C(C)C. The van der Waals surface area contributed by atoms with Gasteiger partial charge in [-0.1, -0.05) is 34.1 Å². The zero-order valence-electron chi connectivity index (χ0n) is 8.02. The van der Waals surface area contributed by atoms with Crippen molar-refractivity contribution in [3.8, 4) is 0 Å². The molecule has 0 amide bonds. The van der Waals surface area contributed by atoms with E-state index in [2.05, 4.69) is 0 Å². The van der Waals surface area contributed by atoms with Gasteiger partial charge in [-0.25, -0.2) is 4.39 Å². The first-order valence-electron chi connectivity index (χ1n) is 4.38. The van der Waals surface area contributed by atoms with Crippen molar-refractivity contribution in [2.24, 2.45) is 17.6 Å². The lowest BCUT2D eigenvalue weighted by molar-refractivity contribution is 0.0455. The molecule has 2 heteroatoms. The smallest absolute Gasteiger partial charge is 0.128 e. The minimum absolute atomic E-state index is 0.0162. The lowest BCUT2D eigenvalue weighted by Gasteiger charge is -2.33. The van der Waals surface area contributed by atoms with Gasteiger partial charge in [-0.3, -0.25) is 0 Å². The van der Waals surface area contributed by atoms with Gasteiger partial charge in [0.2, 0.25) is 0 Å². The molecule has 68 valence electrons. The largest absolute Gasteiger partial charge is 0.328 e. The Morgan fingerprint density at radius 1 is 1.36 bits per heavy atom. The Bertz CT molecular complexity index is 114. The Labute approximate surface area is 69.2 Å². The van der Waals surface area contributed by atoms with Crippen LogP contribution in [0.1, 0.15) is 34.1 Å². The van der Waals surface area contributed by atoms with Gasteiger partial charge in [-0.2, -0.15) is 0 Å². The highest BCUT2D eigenvalue weighted by Crippen LogP contribution is 2.31. The summed E-state index contributed by atoms with van der Waals surface area (Å²) in [6.45, 7) is 7.83. The molecule has 0 radical (unpaired) electrons. The third kappa shape index (κ3) is 2.16. The Morgan fingerprint density at radius 2 is 1.82 bits per heavy atom. The van der Waals surface area contributed by atoms with Crippen molar-refractivity contribution in [2.75, 3.05) is 6.54 Å². The molecule has 0 heterocycles. The molecule has 11 heavy (non-hydrogen) atoms. The van der Waals surface area contributed by atoms with Crippen LogP contribution in [0.15, 0.2) is 0 Å². The zero-order valence-corrected chi connectivity index (χ0v) is 8.02. The Morgan fingerprint density at radius 3 is 1.91 bits per heavy atom. The van der Waals surface area contributed by atoms with Crippen LogP contribution >= 0.6 is 0 Å². The fourth-order valence-corrected chi connectivity index (χ4v) is 1.35. The van der Waals surface area contributed by atoms with E-state index in [1.807, 2.05) is 27.7 Å². The van der Waals surface area contributed by atoms with Crippen molar-refractivity contribution < 1.29 is 4.39 Å². The van der Waals surface area contributed by atoms with Gasteiger partial charge in [-0.15, -0.1) is 0 Å². The van der Waals surface area contributed by atoms with Crippen LogP contribution in [0.4, 0.5) is 4.39 Å². The summed E-state index contributed by atoms with van der Waals surface area (Å²) in [4.78, 5) is 0. The highest BCUT2D eigenvalue weighted by molar-refractivity contribution is 4.87. The lowest BCUT2D eigenvalue weighted by atomic mass is 9.80. The Kier molecular flexibility index (Phi) is 4.01. The third-order valence-electron chi connectivity index (χ3n) is 2.70. The molecule has 0 bridgehead atoms. The fourth-order valence-electron chi connectivity index (χ4n) is 1.35. The molecule has 0 aliphatic heterocycles. The minimum Gasteiger partial charge on any atom is -0.328 e. The number of hydrogen-bond donors (Lipinski definition) is 1. The molecule has 0 spiro atoms. The first-order valence-corrected chi connectivity index (χ1v) is 4.38. The second-order valence-corrected chi connectivity index (χ2v) is 3.59. The van der Waals surface area contributed by atoms with Crippen molar-refractivity contribution in [1.82, 2.24) is 0 Å². The molecular formula is C9H20FN. The molecule has 0 aliphatic rings. The molecule has 1 nitrogen and oxygen atoms in total. The van der Waals surface area contributed by atoms with Crippen molar-refractivity contribution in [3.05, 3.63) is 0 Å². The molecule has 0 saturated heterocycles. The molecular weight excluding hydrogens is 141 g/mol. The summed E-state index contributed by atoms with van der Waals surface area (Å²) < 4.78 is 13.9. The van der Waals surface area contributed by atoms with E-state index in [1.165, 1.54) is 0 Å². The maximum Gasteiger partial charge on any atom is 0.128 e. The van der Waals surface area contributed by atoms with E-state index in [9.17, 15) is 4.39 Å². The van der Waals surface area contributed by atoms with E-state index < -0.39 is 5.67 Å². The molecule has 0 rings (SSSR count). The second kappa shape index (κ2) is 4.05. The van der Waals surface area contributed by atoms with Crippen molar-refractivity contribution in [3.63, 3.8) is 0 Å². The first kappa shape index (κ1) is 10.9. The summed E-state index contributed by atoms with van der Waals surface area (Å²) in [5.74, 6) is 0.0787. The van der Waals surface area contributed by atoms with Gasteiger partial charge in [0.1, 0.15) is 5.67 Å². The number of rotatable bonds is 4. The average molecular weight is 161 g/mol. The molecule has 2 N–H and O–H groups in total. The maximum atomic E-state index is 13.9. The molecule has 2 unspecified atom stereocenters. The monoisotopic (exact) mass is 161 g/mol. The van der Waals surface area contributed by atoms with Gasteiger partial charge in [-0.05, 0) is 11.8 Å². The maximum absolute atomic E-state index is 13.9. The van der Waals surface area contributed by atoms with Crippen LogP contribution in [-0.2, 0) is 0 Å². The number of alkyl halides is 1. The van der Waals surface area contributed by atoms with E-state index in [4.69, 9.17) is 5.73 Å². The van der Waals surface area contributed by atoms with Gasteiger partial charge in [0.15, 0.2) is 0 Å². The quantitative estimate of drug-likeness (QED) is 0.673. The van der Waals surface area contributed by atoms with Crippen LogP contribution in [0.5, 0.6) is 0 Å². The van der Waals surface area contributed by atoms with Crippen molar-refractivity contribution >= 4 is 0 Å². The van der Waals surface area contributed by atoms with Gasteiger partial charge in [0.25, 0.3) is 0 Å². The van der Waals surface area contributed by atoms with Gasteiger partial charge in [0, 0.05) is 6.54 Å². The predicted molar refractivity (Wildman–Crippen MR) is 47.2 cm³/mol. The first-order chi connectivity index (χ1) is 4.99. The Balaban J connectivity index is 4.32. The van der Waals surface area contributed by atoms with Crippen LogP contribution in [-0.4, -0.2) is 12.2 Å². The van der Waals surface area contributed by atoms with Gasteiger partial charge < -0.3 is 5.73 Å². The molecule has 0 aliphatic carbocycles. The third-order valence-corrected chi connectivity index (χ3v) is 2.70. The number of hydrogen-bond acceptors (Lipinski definition) is 1. The zero-order chi connectivity index (χ0) is 9.07. The predicted octanol–water partition coefficient (Wildman–Crippen LogP) is 2.36. The van der Waals surface area contributed by atoms with Crippen molar-refractivity contribution in [2.45, 2.75) is 39.8 Å². The van der Waals surface area contributed by atoms with Crippen LogP contribution in [0, 0.1) is 11.8 Å². The van der Waals surface area contributed by atoms with Crippen molar-refractivity contribution in [1.29, 1.82) is 0 Å². The fraction of sp³-hybridized carbons (Fsp3) is 1.00. The Hall–Kier alpha value is -0.110. The molecule has 2 atom stereocenters. The lowest BCUT2D eigenvalue weighted by Crippen LogP contribution is -2.44. The van der Waals surface area contributed by atoms with Crippen LogP contribution < -0.4 is 5.73 Å². The highest BCUT2D eigenvalue weighted by atomic mass is 19.1. The summed E-state index contributed by atoms with van der Waals surface area (Å²) in [7, 11) is 0. The molecule has 0 saturated carbocycles. The topological polar surface area (TPSA) is 26.0 Å². The van der Waals surface area contributed by atoms with E-state index in [1.54, 1.807) is 0 Å². The van der Waals surface area contributed by atoms with E-state index in [0.717, 1.165) is 6.42 Å². The van der Waals surface area contributed by atoms with E-state index in [0.29, 0.717) is 0 Å². The number of nitrogens with two attached hydrogens (primary N) is 1. The molecule has 0 aromatic carbocycles. The van der Waals surface area contributed by atoms with Crippen LogP contribution in [0.25, 0.3) is 0 Å². The molecule has 0 aromatic heterocycles. The normalized spacial score (nSPS) is 19.9. The van der Waals surface area contributed by atoms with Crippen LogP contribution in [0.2, 0.25) is 0 Å². The standard InChI is InChI=1S/C9H20FN/c1-5-8(4)9(10,6-11)7(2)3/h7-8H,5-6,11H2,1-4H3. The summed E-state index contributed by atoms with van der Waals surface area (Å²) in [6, 6.07) is 0. The molecule has 0 aromatic rings. The molecule has 0 fully saturated rings. The van der Waals surface area contributed by atoms with Crippen LogP contribution in [0.3, 0.4) is 0 Å².